The lowest BCUT2D eigenvalue weighted by Crippen LogP contribution is -2.36. The van der Waals surface area contributed by atoms with Crippen molar-refractivity contribution in [2.45, 2.75) is 17.7 Å². The summed E-state index contributed by atoms with van der Waals surface area (Å²) in [6.07, 6.45) is 6.01. The van der Waals surface area contributed by atoms with Crippen molar-refractivity contribution in [3.8, 4) is 0 Å². The number of hydrogen-bond donors (Lipinski definition) is 0. The minimum Gasteiger partial charge on any atom is -0.464 e. The minimum absolute atomic E-state index is 0.574. The summed E-state index contributed by atoms with van der Waals surface area (Å²) in [5.41, 5.74) is 0.918. The van der Waals surface area contributed by atoms with Crippen molar-refractivity contribution in [3.05, 3.63) is 24.6 Å². The number of pyridine rings is 1. The van der Waals surface area contributed by atoms with Gasteiger partial charge in [-0.25, -0.2) is 4.98 Å². The Morgan fingerprint density at radius 3 is 3.25 bits per heavy atom. The van der Waals surface area contributed by atoms with E-state index in [-0.39, 0.29) is 0 Å². The molecule has 0 amide bonds. The number of halogens is 1. The third-order valence-electron chi connectivity index (χ3n) is 3.02. The molecule has 16 heavy (non-hydrogen) atoms. The van der Waals surface area contributed by atoms with E-state index >= 15 is 0 Å². The van der Waals surface area contributed by atoms with Gasteiger partial charge in [0, 0.05) is 24.1 Å². The van der Waals surface area contributed by atoms with Crippen LogP contribution in [0, 0.1) is 0 Å². The van der Waals surface area contributed by atoms with Gasteiger partial charge in [0.15, 0.2) is 0 Å². The maximum atomic E-state index is 5.40. The van der Waals surface area contributed by atoms with Crippen molar-refractivity contribution in [1.82, 2.24) is 4.98 Å². The van der Waals surface area contributed by atoms with Gasteiger partial charge >= 0.3 is 0 Å². The van der Waals surface area contributed by atoms with E-state index in [1.807, 2.05) is 18.3 Å². The van der Waals surface area contributed by atoms with E-state index in [0.29, 0.717) is 4.83 Å². The highest BCUT2D eigenvalue weighted by atomic mass is 79.9. The summed E-state index contributed by atoms with van der Waals surface area (Å²) >= 11 is 3.69. The normalized spacial score (nSPS) is 21.6. The molecule has 1 fully saturated rings. The van der Waals surface area contributed by atoms with Crippen molar-refractivity contribution < 1.29 is 4.42 Å². The first-order valence-electron chi connectivity index (χ1n) is 5.56. The molecule has 0 saturated carbocycles. The van der Waals surface area contributed by atoms with E-state index < -0.39 is 0 Å². The van der Waals surface area contributed by atoms with Gasteiger partial charge in [0.25, 0.3) is 0 Å². The molecular weight excluding hydrogens is 268 g/mol. The Morgan fingerprint density at radius 1 is 1.44 bits per heavy atom. The predicted octanol–water partition coefficient (Wildman–Crippen LogP) is 3.19. The van der Waals surface area contributed by atoms with Crippen LogP contribution in [0.2, 0.25) is 0 Å². The van der Waals surface area contributed by atoms with Crippen molar-refractivity contribution in [1.29, 1.82) is 0 Å². The second-order valence-electron chi connectivity index (χ2n) is 4.15. The number of alkyl halides is 1. The van der Waals surface area contributed by atoms with Gasteiger partial charge in [-0.15, -0.1) is 0 Å². The van der Waals surface area contributed by atoms with Gasteiger partial charge in [-0.05, 0) is 25.0 Å². The number of nitrogens with zero attached hydrogens (tertiary/aromatic N) is 2. The van der Waals surface area contributed by atoms with E-state index in [1.54, 1.807) is 6.26 Å². The Hall–Kier alpha value is -1.03. The topological polar surface area (TPSA) is 29.3 Å². The molecule has 2 aromatic rings. The van der Waals surface area contributed by atoms with Crippen molar-refractivity contribution in [3.63, 3.8) is 0 Å². The van der Waals surface area contributed by atoms with Gasteiger partial charge in [0.1, 0.15) is 11.4 Å². The van der Waals surface area contributed by atoms with Crippen LogP contribution < -0.4 is 4.90 Å². The van der Waals surface area contributed by atoms with E-state index in [0.717, 1.165) is 29.9 Å². The third-order valence-corrected chi connectivity index (χ3v) is 3.77. The van der Waals surface area contributed by atoms with Gasteiger partial charge < -0.3 is 9.32 Å². The number of hydrogen-bond acceptors (Lipinski definition) is 3. The molecule has 0 radical (unpaired) electrons. The molecule has 3 rings (SSSR count). The van der Waals surface area contributed by atoms with Gasteiger partial charge in [-0.2, -0.15) is 0 Å². The highest BCUT2D eigenvalue weighted by Gasteiger charge is 2.20. The van der Waals surface area contributed by atoms with Gasteiger partial charge in [-0.3, -0.25) is 0 Å². The molecule has 0 bridgehead atoms. The standard InChI is InChI=1S/C12H13BrN2O/c13-9-2-1-6-15(8-9)12-10-4-7-16-11(10)3-5-14-12/h3-5,7,9H,1-2,6,8H2. The fraction of sp³-hybridized carbons (Fsp3) is 0.417. The van der Waals surface area contributed by atoms with Crippen molar-refractivity contribution in [2.24, 2.45) is 0 Å². The quantitative estimate of drug-likeness (QED) is 0.752. The molecule has 0 aromatic carbocycles. The summed E-state index contributed by atoms with van der Waals surface area (Å²) in [6.45, 7) is 2.11. The molecule has 0 N–H and O–H groups in total. The zero-order valence-corrected chi connectivity index (χ0v) is 10.5. The van der Waals surface area contributed by atoms with Crippen LogP contribution in [0.25, 0.3) is 11.0 Å². The molecule has 1 unspecified atom stereocenters. The Labute approximate surface area is 103 Å². The minimum atomic E-state index is 0.574. The van der Waals surface area contributed by atoms with E-state index in [2.05, 4.69) is 25.8 Å². The monoisotopic (exact) mass is 280 g/mol. The smallest absolute Gasteiger partial charge is 0.139 e. The summed E-state index contributed by atoms with van der Waals surface area (Å²) in [4.78, 5) is 7.39. The highest BCUT2D eigenvalue weighted by Crippen LogP contribution is 2.28. The van der Waals surface area contributed by atoms with Crippen LogP contribution in [0.4, 0.5) is 5.82 Å². The van der Waals surface area contributed by atoms with Gasteiger partial charge in [0.05, 0.1) is 11.6 Å². The highest BCUT2D eigenvalue weighted by molar-refractivity contribution is 9.09. The van der Waals surface area contributed by atoms with Crippen molar-refractivity contribution in [2.75, 3.05) is 18.0 Å². The molecule has 1 atom stereocenters. The molecule has 0 aliphatic carbocycles. The zero-order chi connectivity index (χ0) is 11.0. The van der Waals surface area contributed by atoms with Crippen LogP contribution >= 0.6 is 15.9 Å². The Morgan fingerprint density at radius 2 is 2.38 bits per heavy atom. The number of furan rings is 1. The molecular formula is C12H13BrN2O. The van der Waals surface area contributed by atoms with E-state index in [9.17, 15) is 0 Å². The number of fused-ring (bicyclic) bond motifs is 1. The van der Waals surface area contributed by atoms with Crippen LogP contribution in [0.3, 0.4) is 0 Å². The average Bonchev–Trinajstić information content (AvgIpc) is 2.76. The molecule has 1 saturated heterocycles. The Bertz CT molecular complexity index is 496. The lowest BCUT2D eigenvalue weighted by atomic mass is 10.1. The summed E-state index contributed by atoms with van der Waals surface area (Å²) in [5, 5.41) is 1.11. The van der Waals surface area contributed by atoms with E-state index in [1.165, 1.54) is 12.8 Å². The second-order valence-corrected chi connectivity index (χ2v) is 5.45. The number of piperidine rings is 1. The summed E-state index contributed by atoms with van der Waals surface area (Å²) in [5.74, 6) is 1.05. The average molecular weight is 281 g/mol. The van der Waals surface area contributed by atoms with Crippen LogP contribution in [-0.2, 0) is 0 Å². The molecule has 1 aliphatic rings. The second kappa shape index (κ2) is 4.09. The first-order valence-corrected chi connectivity index (χ1v) is 6.47. The summed E-state index contributed by atoms with van der Waals surface area (Å²) < 4.78 is 5.40. The number of rotatable bonds is 1. The predicted molar refractivity (Wildman–Crippen MR) is 68.2 cm³/mol. The molecule has 84 valence electrons. The maximum absolute atomic E-state index is 5.40. The van der Waals surface area contributed by atoms with Crippen LogP contribution in [0.15, 0.2) is 29.0 Å². The lowest BCUT2D eigenvalue weighted by Gasteiger charge is -2.31. The molecule has 4 heteroatoms. The maximum Gasteiger partial charge on any atom is 0.139 e. The zero-order valence-electron chi connectivity index (χ0n) is 8.90. The van der Waals surface area contributed by atoms with Crippen LogP contribution in [0.1, 0.15) is 12.8 Å². The van der Waals surface area contributed by atoms with Crippen LogP contribution in [0.5, 0.6) is 0 Å². The number of anilines is 1. The molecule has 1 aliphatic heterocycles. The Kier molecular flexibility index (Phi) is 2.59. The lowest BCUT2D eigenvalue weighted by molar-refractivity contribution is 0.591. The molecule has 2 aromatic heterocycles. The fourth-order valence-corrected chi connectivity index (χ4v) is 2.92. The van der Waals surface area contributed by atoms with Crippen LogP contribution in [-0.4, -0.2) is 22.9 Å². The summed E-state index contributed by atoms with van der Waals surface area (Å²) in [7, 11) is 0. The first kappa shape index (κ1) is 10.1. The molecule has 0 spiro atoms. The van der Waals surface area contributed by atoms with Gasteiger partial charge in [0.2, 0.25) is 0 Å². The summed E-state index contributed by atoms with van der Waals surface area (Å²) in [6, 6.07) is 3.91. The van der Waals surface area contributed by atoms with E-state index in [4.69, 9.17) is 4.42 Å². The largest absolute Gasteiger partial charge is 0.464 e. The number of aromatic nitrogens is 1. The molecule has 3 heterocycles. The first-order chi connectivity index (χ1) is 7.84. The SMILES string of the molecule is BrC1CCCN(c2nccc3occc23)C1. The third kappa shape index (κ3) is 1.71. The molecule has 3 nitrogen and oxygen atoms in total. The van der Waals surface area contributed by atoms with Crippen molar-refractivity contribution >= 4 is 32.7 Å². The van der Waals surface area contributed by atoms with Gasteiger partial charge in [-0.1, -0.05) is 15.9 Å². The Balaban J connectivity index is 2.01. The fourth-order valence-electron chi connectivity index (χ4n) is 2.25.